The molecule has 2 atom stereocenters. The Morgan fingerprint density at radius 3 is 2.07 bits per heavy atom. The van der Waals surface area contributed by atoms with E-state index in [4.69, 9.17) is 4.43 Å². The second-order valence-electron chi connectivity index (χ2n) is 8.37. The zero-order chi connectivity index (χ0) is 19.6. The van der Waals surface area contributed by atoms with Gasteiger partial charge in [-0.05, 0) is 21.8 Å². The molecule has 2 heterocycles. The summed E-state index contributed by atoms with van der Waals surface area (Å²) in [4.78, 5) is 0. The van der Waals surface area contributed by atoms with E-state index in [1.807, 2.05) is 0 Å². The fourth-order valence-corrected chi connectivity index (χ4v) is 8.94. The normalized spacial score (nSPS) is 20.4. The number of aromatic nitrogens is 4. The third-order valence-electron chi connectivity index (χ3n) is 5.52. The van der Waals surface area contributed by atoms with Crippen LogP contribution in [0.2, 0.25) is 5.04 Å². The van der Waals surface area contributed by atoms with Crippen molar-refractivity contribution in [1.29, 1.82) is 0 Å². The van der Waals surface area contributed by atoms with Crippen molar-refractivity contribution in [2.24, 2.45) is 0 Å². The van der Waals surface area contributed by atoms with Gasteiger partial charge >= 0.3 is 0 Å². The van der Waals surface area contributed by atoms with Gasteiger partial charge < -0.3 is 9.74 Å². The van der Waals surface area contributed by atoms with E-state index in [1.54, 1.807) is 0 Å². The highest BCUT2D eigenvalue weighted by molar-refractivity contribution is 6.99. The molecule has 6 nitrogen and oxygen atoms in total. The molecule has 1 aliphatic rings. The number of rotatable bonds is 5. The maximum Gasteiger partial charge on any atom is 0.261 e. The Morgan fingerprint density at radius 2 is 1.57 bits per heavy atom. The summed E-state index contributed by atoms with van der Waals surface area (Å²) < 4.78 is 7.15. The number of nitrogens with zero attached hydrogens (tertiary/aromatic N) is 3. The largest absolute Gasteiger partial charge is 0.403 e. The molecule has 1 saturated heterocycles. The Kier molecular flexibility index (Phi) is 5.14. The average Bonchev–Trinajstić information content (AvgIpc) is 3.38. The van der Waals surface area contributed by atoms with Crippen LogP contribution in [0, 0.1) is 0 Å². The first-order valence-corrected chi connectivity index (χ1v) is 11.7. The molecular weight excluding hydrogens is 366 g/mol. The Hall–Kier alpha value is -2.35. The number of aromatic amines is 1. The molecule has 4 rings (SSSR count). The second-order valence-corrected chi connectivity index (χ2v) is 12.6. The molecule has 0 spiro atoms. The molecule has 1 unspecified atom stereocenters. The highest BCUT2D eigenvalue weighted by Gasteiger charge is 2.52. The van der Waals surface area contributed by atoms with Gasteiger partial charge in [0.05, 0.1) is 12.1 Å². The van der Waals surface area contributed by atoms with Crippen LogP contribution in [-0.2, 0) is 4.43 Å². The summed E-state index contributed by atoms with van der Waals surface area (Å²) in [6.45, 7) is 7.69. The molecule has 2 N–H and O–H groups in total. The van der Waals surface area contributed by atoms with Gasteiger partial charge in [-0.1, -0.05) is 86.6 Å². The molecular formula is C21H27N5OSi. The maximum absolute atomic E-state index is 7.15. The summed E-state index contributed by atoms with van der Waals surface area (Å²) >= 11 is 0. The number of hydrogen-bond donors (Lipinski definition) is 2. The van der Waals surface area contributed by atoms with Gasteiger partial charge in [-0.2, -0.15) is 5.21 Å². The predicted molar refractivity (Wildman–Crippen MR) is 112 cm³/mol. The minimum absolute atomic E-state index is 0.0278. The molecule has 28 heavy (non-hydrogen) atoms. The molecule has 2 aromatic carbocycles. The Balaban J connectivity index is 1.73. The third kappa shape index (κ3) is 3.41. The van der Waals surface area contributed by atoms with Crippen LogP contribution in [-0.4, -0.2) is 41.6 Å². The quantitative estimate of drug-likeness (QED) is 0.650. The molecule has 0 radical (unpaired) electrons. The number of hydrogen-bond acceptors (Lipinski definition) is 5. The zero-order valence-corrected chi connectivity index (χ0v) is 17.6. The van der Waals surface area contributed by atoms with Crippen LogP contribution in [0.4, 0.5) is 0 Å². The lowest BCUT2D eigenvalue weighted by Gasteiger charge is -2.44. The van der Waals surface area contributed by atoms with E-state index in [9.17, 15) is 0 Å². The summed E-state index contributed by atoms with van der Waals surface area (Å²) in [7, 11) is -2.53. The van der Waals surface area contributed by atoms with Crippen molar-refractivity contribution in [2.45, 2.75) is 44.4 Å². The van der Waals surface area contributed by atoms with E-state index >= 15 is 0 Å². The lowest BCUT2D eigenvalue weighted by atomic mass is 10.2. The first-order valence-electron chi connectivity index (χ1n) is 9.76. The molecule has 1 aromatic heterocycles. The van der Waals surface area contributed by atoms with Crippen LogP contribution in [0.5, 0.6) is 0 Å². The zero-order valence-electron chi connectivity index (χ0n) is 16.6. The number of tetrazole rings is 1. The van der Waals surface area contributed by atoms with Gasteiger partial charge in [0.2, 0.25) is 0 Å². The number of nitrogens with one attached hydrogen (secondary N) is 2. The topological polar surface area (TPSA) is 75.7 Å². The highest BCUT2D eigenvalue weighted by atomic mass is 28.4. The standard InChI is InChI=1S/C21H27N5OSi/c1-21(2,3)28(17-10-6-4-7-11-17,18-12-8-5-9-13-18)27-16-14-19(22-15-16)20-23-25-26-24-20/h4-13,16,19,22H,14-15H2,1-3H3,(H,23,24,25,26)/t16?,19-/m0/s1. The van der Waals surface area contributed by atoms with Crippen molar-refractivity contribution < 1.29 is 4.43 Å². The van der Waals surface area contributed by atoms with Gasteiger partial charge in [-0.25, -0.2) is 0 Å². The lowest BCUT2D eigenvalue weighted by molar-refractivity contribution is 0.204. The van der Waals surface area contributed by atoms with Crippen LogP contribution in [0.25, 0.3) is 0 Å². The molecule has 1 fully saturated rings. The summed E-state index contributed by atoms with van der Waals surface area (Å²) in [5.74, 6) is 0.702. The minimum Gasteiger partial charge on any atom is -0.403 e. The van der Waals surface area contributed by atoms with E-state index < -0.39 is 8.32 Å². The molecule has 3 aromatic rings. The first-order chi connectivity index (χ1) is 13.5. The predicted octanol–water partition coefficient (Wildman–Crippen LogP) is 2.18. The summed E-state index contributed by atoms with van der Waals surface area (Å²) in [6, 6.07) is 21.6. The van der Waals surface area contributed by atoms with Crippen LogP contribution < -0.4 is 15.7 Å². The van der Waals surface area contributed by atoms with Gasteiger partial charge in [0, 0.05) is 6.54 Å². The molecule has 1 aliphatic heterocycles. The SMILES string of the molecule is CC(C)(C)[Si](OC1CN[C@H](c2nn[nH]n2)C1)(c1ccccc1)c1ccccc1. The van der Waals surface area contributed by atoms with Crippen LogP contribution in [0.15, 0.2) is 60.7 Å². The van der Waals surface area contributed by atoms with E-state index in [-0.39, 0.29) is 17.2 Å². The van der Waals surface area contributed by atoms with Crippen molar-refractivity contribution in [3.05, 3.63) is 66.5 Å². The van der Waals surface area contributed by atoms with E-state index in [1.165, 1.54) is 10.4 Å². The summed E-state index contributed by atoms with van der Waals surface area (Å²) in [5.41, 5.74) is 0. The fourth-order valence-electron chi connectivity index (χ4n) is 4.25. The maximum atomic E-state index is 7.15. The number of benzene rings is 2. The van der Waals surface area contributed by atoms with Crippen LogP contribution >= 0.6 is 0 Å². The van der Waals surface area contributed by atoms with Gasteiger partial charge in [0.25, 0.3) is 8.32 Å². The monoisotopic (exact) mass is 393 g/mol. The van der Waals surface area contributed by atoms with Gasteiger partial charge in [-0.3, -0.25) is 0 Å². The Labute approximate surface area is 166 Å². The number of H-pyrrole nitrogens is 1. The van der Waals surface area contributed by atoms with Crippen molar-refractivity contribution in [2.75, 3.05) is 6.54 Å². The van der Waals surface area contributed by atoms with E-state index in [2.05, 4.69) is 107 Å². The van der Waals surface area contributed by atoms with Crippen LogP contribution in [0.3, 0.4) is 0 Å². The Bertz CT molecular complexity index is 841. The smallest absolute Gasteiger partial charge is 0.261 e. The molecule has 0 saturated carbocycles. The lowest BCUT2D eigenvalue weighted by Crippen LogP contribution is -2.67. The van der Waals surface area contributed by atoms with Crippen LogP contribution in [0.1, 0.15) is 39.1 Å². The average molecular weight is 394 g/mol. The van der Waals surface area contributed by atoms with Gasteiger partial charge in [0.1, 0.15) is 0 Å². The van der Waals surface area contributed by atoms with Crippen molar-refractivity contribution >= 4 is 18.7 Å². The summed E-state index contributed by atoms with van der Waals surface area (Å²) in [5, 5.41) is 20.6. The van der Waals surface area contributed by atoms with Crippen molar-refractivity contribution in [3.63, 3.8) is 0 Å². The molecule has 0 bridgehead atoms. The Morgan fingerprint density at radius 1 is 0.964 bits per heavy atom. The fraction of sp³-hybridized carbons (Fsp3) is 0.381. The summed E-state index contributed by atoms with van der Waals surface area (Å²) in [6.07, 6.45) is 0.930. The van der Waals surface area contributed by atoms with Crippen molar-refractivity contribution in [3.8, 4) is 0 Å². The third-order valence-corrected chi connectivity index (χ3v) is 10.6. The first kappa shape index (κ1) is 19.0. The van der Waals surface area contributed by atoms with E-state index in [0.717, 1.165) is 13.0 Å². The molecule has 146 valence electrons. The van der Waals surface area contributed by atoms with Gasteiger partial charge in [0.15, 0.2) is 5.82 Å². The van der Waals surface area contributed by atoms with Crippen molar-refractivity contribution in [1.82, 2.24) is 25.9 Å². The molecule has 0 aliphatic carbocycles. The molecule has 0 amide bonds. The minimum atomic E-state index is -2.53. The molecule has 7 heteroatoms. The second kappa shape index (κ2) is 7.58. The van der Waals surface area contributed by atoms with E-state index in [0.29, 0.717) is 5.82 Å². The highest BCUT2D eigenvalue weighted by Crippen LogP contribution is 2.39. The van der Waals surface area contributed by atoms with Gasteiger partial charge in [-0.15, -0.1) is 10.2 Å².